The molecule has 4 rings (SSSR count). The molecule has 0 fully saturated rings. The van der Waals surface area contributed by atoms with Gasteiger partial charge in [0.2, 0.25) is 5.91 Å². The Balaban J connectivity index is 1.51. The van der Waals surface area contributed by atoms with Gasteiger partial charge in [-0.2, -0.15) is 5.26 Å². The van der Waals surface area contributed by atoms with Gasteiger partial charge in [-0.15, -0.1) is 0 Å². The SMILES string of the molecule is CCCCc1ccc(NC(=O)CSC2=C(C#N)[C@H](c3ccco3)C(C(=O)Nc3ccccc3F)=C(C)N2)cc1. The lowest BCUT2D eigenvalue weighted by molar-refractivity contribution is -0.114. The number of aryl methyl sites for hydroxylation is 1. The Morgan fingerprint density at radius 1 is 1.10 bits per heavy atom. The molecular weight excluding hydrogens is 515 g/mol. The maximum absolute atomic E-state index is 14.2. The number of thioether (sulfide) groups is 1. The number of para-hydroxylation sites is 1. The zero-order chi connectivity index (χ0) is 27.8. The minimum Gasteiger partial charge on any atom is -0.468 e. The fourth-order valence-electron chi connectivity index (χ4n) is 4.29. The van der Waals surface area contributed by atoms with Crippen LogP contribution in [0.1, 0.15) is 43.9 Å². The van der Waals surface area contributed by atoms with Crippen LogP contribution in [0.4, 0.5) is 15.8 Å². The first-order valence-corrected chi connectivity index (χ1v) is 13.6. The molecule has 0 bridgehead atoms. The van der Waals surface area contributed by atoms with Gasteiger partial charge in [0.25, 0.3) is 5.91 Å². The normalized spacial score (nSPS) is 15.0. The van der Waals surface area contributed by atoms with Crippen molar-refractivity contribution in [2.75, 3.05) is 16.4 Å². The van der Waals surface area contributed by atoms with Crippen LogP contribution in [0, 0.1) is 17.1 Å². The number of benzene rings is 2. The summed E-state index contributed by atoms with van der Waals surface area (Å²) in [4.78, 5) is 26.0. The Morgan fingerprint density at radius 3 is 2.54 bits per heavy atom. The molecular formula is C30H29FN4O3S. The number of dihydropyridines is 1. The first-order valence-electron chi connectivity index (χ1n) is 12.6. The Labute approximate surface area is 231 Å². The molecule has 0 unspecified atom stereocenters. The number of furan rings is 1. The molecule has 0 spiro atoms. The van der Waals surface area contributed by atoms with E-state index in [1.54, 1.807) is 25.1 Å². The molecule has 9 heteroatoms. The first kappa shape index (κ1) is 27.7. The number of anilines is 2. The highest BCUT2D eigenvalue weighted by molar-refractivity contribution is 8.03. The molecule has 3 N–H and O–H groups in total. The van der Waals surface area contributed by atoms with Crippen molar-refractivity contribution >= 4 is 35.0 Å². The molecule has 1 aliphatic heterocycles. The van der Waals surface area contributed by atoms with Crippen LogP contribution < -0.4 is 16.0 Å². The van der Waals surface area contributed by atoms with Crippen molar-refractivity contribution in [3.05, 3.63) is 106 Å². The second-order valence-electron chi connectivity index (χ2n) is 9.04. The van der Waals surface area contributed by atoms with Crippen molar-refractivity contribution in [2.45, 2.75) is 39.0 Å². The maximum Gasteiger partial charge on any atom is 0.254 e. The summed E-state index contributed by atoms with van der Waals surface area (Å²) in [6.07, 6.45) is 4.70. The van der Waals surface area contributed by atoms with Crippen molar-refractivity contribution in [2.24, 2.45) is 0 Å². The molecule has 3 aromatic rings. The Morgan fingerprint density at radius 2 is 1.87 bits per heavy atom. The van der Waals surface area contributed by atoms with Gasteiger partial charge in [0, 0.05) is 11.4 Å². The van der Waals surface area contributed by atoms with E-state index in [0.29, 0.717) is 22.2 Å². The first-order chi connectivity index (χ1) is 18.9. The van der Waals surface area contributed by atoms with Crippen molar-refractivity contribution in [3.63, 3.8) is 0 Å². The van der Waals surface area contributed by atoms with Gasteiger partial charge in [-0.05, 0) is 61.7 Å². The van der Waals surface area contributed by atoms with Crippen LogP contribution in [-0.2, 0) is 16.0 Å². The molecule has 0 saturated heterocycles. The lowest BCUT2D eigenvalue weighted by Gasteiger charge is -2.28. The number of unbranched alkanes of at least 4 members (excludes halogenated alkanes) is 1. The third-order valence-corrected chi connectivity index (χ3v) is 7.26. The van der Waals surface area contributed by atoms with Crippen molar-refractivity contribution < 1.29 is 18.4 Å². The van der Waals surface area contributed by atoms with Crippen LogP contribution >= 0.6 is 11.8 Å². The van der Waals surface area contributed by atoms with E-state index < -0.39 is 17.6 Å². The fraction of sp³-hybridized carbons (Fsp3) is 0.233. The Kier molecular flexibility index (Phi) is 9.23. The highest BCUT2D eigenvalue weighted by Crippen LogP contribution is 2.41. The van der Waals surface area contributed by atoms with Gasteiger partial charge in [-0.1, -0.05) is 49.4 Å². The molecule has 39 heavy (non-hydrogen) atoms. The molecule has 0 aliphatic carbocycles. The topological polar surface area (TPSA) is 107 Å². The van der Waals surface area contributed by atoms with E-state index in [-0.39, 0.29) is 28.5 Å². The standard InChI is InChI=1S/C30H29FN4O3S/c1-3-4-8-20-12-14-21(15-13-20)34-26(36)18-39-30-22(17-32)28(25-11-7-16-38-25)27(19(2)33-30)29(37)35-24-10-6-5-9-23(24)31/h5-7,9-16,28,33H,3-4,8,18H2,1-2H3,(H,34,36)(H,35,37)/t28-/m1/s1. The molecule has 1 aliphatic rings. The number of nitrogens with one attached hydrogen (secondary N) is 3. The summed E-state index contributed by atoms with van der Waals surface area (Å²) in [6, 6.07) is 19.2. The number of nitriles is 1. The number of allylic oxidation sites excluding steroid dienone is 2. The third-order valence-electron chi connectivity index (χ3n) is 6.25. The monoisotopic (exact) mass is 544 g/mol. The predicted molar refractivity (Wildman–Crippen MR) is 151 cm³/mol. The van der Waals surface area contributed by atoms with E-state index in [1.165, 1.54) is 30.0 Å². The second-order valence-corrected chi connectivity index (χ2v) is 10.0. The maximum atomic E-state index is 14.2. The summed E-state index contributed by atoms with van der Waals surface area (Å²) in [5.74, 6) is -1.78. The second kappa shape index (κ2) is 13.0. The largest absolute Gasteiger partial charge is 0.468 e. The van der Waals surface area contributed by atoms with Gasteiger partial charge in [-0.25, -0.2) is 4.39 Å². The van der Waals surface area contributed by atoms with Crippen molar-refractivity contribution in [1.82, 2.24) is 5.32 Å². The zero-order valence-corrected chi connectivity index (χ0v) is 22.5. The van der Waals surface area contributed by atoms with Crippen LogP contribution in [-0.4, -0.2) is 17.6 Å². The zero-order valence-electron chi connectivity index (χ0n) is 21.7. The molecule has 1 aromatic heterocycles. The number of carbonyl (C=O) groups is 2. The van der Waals surface area contributed by atoms with Crippen molar-refractivity contribution in [3.8, 4) is 6.07 Å². The van der Waals surface area contributed by atoms with E-state index in [4.69, 9.17) is 4.42 Å². The van der Waals surface area contributed by atoms with E-state index >= 15 is 0 Å². The Hall–Kier alpha value is -4.29. The van der Waals surface area contributed by atoms with Gasteiger partial charge in [-0.3, -0.25) is 9.59 Å². The number of rotatable bonds is 10. The van der Waals surface area contributed by atoms with Crippen LogP contribution in [0.25, 0.3) is 0 Å². The highest BCUT2D eigenvalue weighted by Gasteiger charge is 2.36. The molecule has 2 heterocycles. The van der Waals surface area contributed by atoms with Gasteiger partial charge in [0.15, 0.2) is 0 Å². The van der Waals surface area contributed by atoms with Gasteiger partial charge < -0.3 is 20.4 Å². The summed E-state index contributed by atoms with van der Waals surface area (Å²) in [5.41, 5.74) is 2.87. The van der Waals surface area contributed by atoms with Crippen LogP contribution in [0.2, 0.25) is 0 Å². The van der Waals surface area contributed by atoms with E-state index in [0.717, 1.165) is 31.0 Å². The summed E-state index contributed by atoms with van der Waals surface area (Å²) < 4.78 is 19.8. The molecule has 2 aromatic carbocycles. The van der Waals surface area contributed by atoms with Gasteiger partial charge >= 0.3 is 0 Å². The quantitative estimate of drug-likeness (QED) is 0.270. The number of nitrogens with zero attached hydrogens (tertiary/aromatic N) is 1. The average Bonchev–Trinajstić information content (AvgIpc) is 3.47. The molecule has 7 nitrogen and oxygen atoms in total. The smallest absolute Gasteiger partial charge is 0.254 e. The summed E-state index contributed by atoms with van der Waals surface area (Å²) in [7, 11) is 0. The Bertz CT molecular complexity index is 1440. The third kappa shape index (κ3) is 6.78. The number of halogens is 1. The van der Waals surface area contributed by atoms with Crippen LogP contribution in [0.3, 0.4) is 0 Å². The molecule has 1 atom stereocenters. The molecule has 2 amide bonds. The fourth-order valence-corrected chi connectivity index (χ4v) is 5.18. The summed E-state index contributed by atoms with van der Waals surface area (Å²) in [5, 5.41) is 19.2. The summed E-state index contributed by atoms with van der Waals surface area (Å²) >= 11 is 1.16. The number of hydrogen-bond donors (Lipinski definition) is 3. The minimum atomic E-state index is -0.834. The minimum absolute atomic E-state index is 0.0266. The van der Waals surface area contributed by atoms with Gasteiger partial charge in [0.05, 0.1) is 45.9 Å². The molecule has 0 saturated carbocycles. The molecule has 200 valence electrons. The average molecular weight is 545 g/mol. The lowest BCUT2D eigenvalue weighted by atomic mass is 9.85. The predicted octanol–water partition coefficient (Wildman–Crippen LogP) is 6.47. The highest BCUT2D eigenvalue weighted by atomic mass is 32.2. The number of carbonyl (C=O) groups excluding carboxylic acids is 2. The van der Waals surface area contributed by atoms with Gasteiger partial charge in [0.1, 0.15) is 11.6 Å². The van der Waals surface area contributed by atoms with Crippen molar-refractivity contribution in [1.29, 1.82) is 5.26 Å². The lowest BCUT2D eigenvalue weighted by Crippen LogP contribution is -2.31. The summed E-state index contributed by atoms with van der Waals surface area (Å²) in [6.45, 7) is 3.84. The van der Waals surface area contributed by atoms with Crippen LogP contribution in [0.5, 0.6) is 0 Å². The van der Waals surface area contributed by atoms with E-state index in [9.17, 15) is 19.2 Å². The molecule has 0 radical (unpaired) electrons. The number of amides is 2. The van der Waals surface area contributed by atoms with Crippen LogP contribution in [0.15, 0.2) is 93.2 Å². The van der Waals surface area contributed by atoms with E-state index in [2.05, 4.69) is 28.9 Å². The van der Waals surface area contributed by atoms with E-state index in [1.807, 2.05) is 24.3 Å². The number of hydrogen-bond acceptors (Lipinski definition) is 6.